The molecule has 0 saturated heterocycles. The zero-order valence-electron chi connectivity index (χ0n) is 16.8. The molecule has 6 heteroatoms. The number of amides is 2. The van der Waals surface area contributed by atoms with Crippen molar-refractivity contribution in [1.82, 2.24) is 20.0 Å². The van der Waals surface area contributed by atoms with Crippen molar-refractivity contribution in [2.45, 2.75) is 45.7 Å². The average Bonchev–Trinajstić information content (AvgIpc) is 2.91. The SMILES string of the molecule is COCCN(Cc1c(C)nn(C)c1C)C(=O)N[C@H]1CCCc2ccccc21. The van der Waals surface area contributed by atoms with Gasteiger partial charge in [0.2, 0.25) is 0 Å². The standard InChI is InChI=1S/C21H30N4O2/c1-15-19(16(2)24(3)23-15)14-25(12-13-27-4)21(26)22-20-11-7-9-17-8-5-6-10-18(17)20/h5-6,8,10,20H,7,9,11-14H2,1-4H3,(H,22,26)/t20-/m0/s1. The lowest BCUT2D eigenvalue weighted by Gasteiger charge is -2.30. The molecule has 27 heavy (non-hydrogen) atoms. The minimum absolute atomic E-state index is 0.0450. The smallest absolute Gasteiger partial charge is 0.318 e. The van der Waals surface area contributed by atoms with E-state index >= 15 is 0 Å². The van der Waals surface area contributed by atoms with Crippen molar-refractivity contribution in [3.8, 4) is 0 Å². The van der Waals surface area contributed by atoms with E-state index in [2.05, 4.69) is 28.6 Å². The minimum Gasteiger partial charge on any atom is -0.383 e. The molecule has 0 aliphatic heterocycles. The molecule has 2 aromatic rings. The van der Waals surface area contributed by atoms with Crippen LogP contribution in [-0.2, 0) is 24.8 Å². The van der Waals surface area contributed by atoms with Crippen molar-refractivity contribution in [3.05, 3.63) is 52.3 Å². The van der Waals surface area contributed by atoms with Gasteiger partial charge in [0.15, 0.2) is 0 Å². The van der Waals surface area contributed by atoms with Crippen molar-refractivity contribution >= 4 is 6.03 Å². The Labute approximate surface area is 161 Å². The number of urea groups is 1. The number of carbonyl (C=O) groups is 1. The Bertz CT molecular complexity index is 799. The van der Waals surface area contributed by atoms with Gasteiger partial charge in [-0.1, -0.05) is 24.3 Å². The van der Waals surface area contributed by atoms with E-state index < -0.39 is 0 Å². The Hall–Kier alpha value is -2.34. The number of ether oxygens (including phenoxy) is 1. The molecule has 0 bridgehead atoms. The Kier molecular flexibility index (Phi) is 6.16. The number of fused-ring (bicyclic) bond motifs is 1. The van der Waals surface area contributed by atoms with Crippen LogP contribution in [0.5, 0.6) is 0 Å². The maximum absolute atomic E-state index is 13.1. The highest BCUT2D eigenvalue weighted by Gasteiger charge is 2.25. The average molecular weight is 370 g/mol. The third-order valence-corrected chi connectivity index (χ3v) is 5.53. The monoisotopic (exact) mass is 370 g/mol. The van der Waals surface area contributed by atoms with E-state index in [4.69, 9.17) is 4.74 Å². The van der Waals surface area contributed by atoms with Gasteiger partial charge in [-0.2, -0.15) is 5.10 Å². The Balaban J connectivity index is 1.76. The van der Waals surface area contributed by atoms with Crippen molar-refractivity contribution in [3.63, 3.8) is 0 Å². The Morgan fingerprint density at radius 1 is 1.37 bits per heavy atom. The van der Waals surface area contributed by atoms with Crippen LogP contribution in [0.1, 0.15) is 47.0 Å². The summed E-state index contributed by atoms with van der Waals surface area (Å²) >= 11 is 0. The number of aromatic nitrogens is 2. The van der Waals surface area contributed by atoms with Gasteiger partial charge in [0.1, 0.15) is 0 Å². The van der Waals surface area contributed by atoms with E-state index in [1.165, 1.54) is 11.1 Å². The molecule has 1 heterocycles. The third kappa shape index (κ3) is 4.33. The number of rotatable bonds is 6. The number of carbonyl (C=O) groups excluding carboxylic acids is 1. The molecule has 3 rings (SSSR count). The first-order valence-electron chi connectivity index (χ1n) is 9.62. The Morgan fingerprint density at radius 3 is 2.85 bits per heavy atom. The van der Waals surface area contributed by atoms with Crippen LogP contribution >= 0.6 is 0 Å². The minimum atomic E-state index is -0.0450. The molecule has 0 unspecified atom stereocenters. The lowest BCUT2D eigenvalue weighted by Crippen LogP contribution is -2.43. The number of hydrogen-bond donors (Lipinski definition) is 1. The van der Waals surface area contributed by atoms with Gasteiger partial charge in [-0.3, -0.25) is 4.68 Å². The van der Waals surface area contributed by atoms with Crippen LogP contribution < -0.4 is 5.32 Å². The van der Waals surface area contributed by atoms with Crippen LogP contribution in [0.25, 0.3) is 0 Å². The van der Waals surface area contributed by atoms with Crippen LogP contribution in [0.4, 0.5) is 4.79 Å². The zero-order chi connectivity index (χ0) is 19.4. The van der Waals surface area contributed by atoms with E-state index in [-0.39, 0.29) is 12.1 Å². The van der Waals surface area contributed by atoms with E-state index in [0.29, 0.717) is 19.7 Å². The summed E-state index contributed by atoms with van der Waals surface area (Å²) in [5.41, 5.74) is 5.75. The molecule has 6 nitrogen and oxygen atoms in total. The molecule has 0 saturated carbocycles. The predicted molar refractivity (Wildman–Crippen MR) is 106 cm³/mol. The van der Waals surface area contributed by atoms with Crippen LogP contribution in [0.3, 0.4) is 0 Å². The van der Waals surface area contributed by atoms with Crippen molar-refractivity contribution < 1.29 is 9.53 Å². The van der Waals surface area contributed by atoms with Gasteiger partial charge in [-0.05, 0) is 44.2 Å². The summed E-state index contributed by atoms with van der Waals surface area (Å²) in [6.07, 6.45) is 3.16. The van der Waals surface area contributed by atoms with Gasteiger partial charge in [0.05, 0.1) is 24.9 Å². The summed E-state index contributed by atoms with van der Waals surface area (Å²) in [5, 5.41) is 7.73. The third-order valence-electron chi connectivity index (χ3n) is 5.53. The topological polar surface area (TPSA) is 59.4 Å². The van der Waals surface area contributed by atoms with Crippen LogP contribution in [0, 0.1) is 13.8 Å². The highest BCUT2D eigenvalue weighted by molar-refractivity contribution is 5.75. The first-order valence-corrected chi connectivity index (χ1v) is 9.62. The molecule has 146 valence electrons. The van der Waals surface area contributed by atoms with Crippen LogP contribution in [0.15, 0.2) is 24.3 Å². The van der Waals surface area contributed by atoms with E-state index in [9.17, 15) is 4.79 Å². The molecule has 1 aromatic carbocycles. The van der Waals surface area contributed by atoms with E-state index in [1.807, 2.05) is 36.5 Å². The number of nitrogens with one attached hydrogen (secondary N) is 1. The molecule has 0 radical (unpaired) electrons. The van der Waals surface area contributed by atoms with Gasteiger partial charge in [0.25, 0.3) is 0 Å². The number of hydrogen-bond acceptors (Lipinski definition) is 3. The van der Waals surface area contributed by atoms with Crippen LogP contribution in [-0.4, -0.2) is 41.0 Å². The summed E-state index contributed by atoms with van der Waals surface area (Å²) < 4.78 is 7.10. The van der Waals surface area contributed by atoms with Gasteiger partial charge in [-0.25, -0.2) is 4.79 Å². The summed E-state index contributed by atoms with van der Waals surface area (Å²) in [4.78, 5) is 14.9. The predicted octanol–water partition coefficient (Wildman–Crippen LogP) is 3.27. The molecule has 2 amide bonds. The normalized spacial score (nSPS) is 16.1. The number of methoxy groups -OCH3 is 1. The second-order valence-corrected chi connectivity index (χ2v) is 7.28. The summed E-state index contributed by atoms with van der Waals surface area (Å²) in [7, 11) is 3.60. The molecule has 1 aliphatic rings. The van der Waals surface area contributed by atoms with Crippen LogP contribution in [0.2, 0.25) is 0 Å². The van der Waals surface area contributed by atoms with Crippen molar-refractivity contribution in [1.29, 1.82) is 0 Å². The fraction of sp³-hybridized carbons (Fsp3) is 0.524. The number of aryl methyl sites for hydroxylation is 3. The molecule has 1 aromatic heterocycles. The molecular weight excluding hydrogens is 340 g/mol. The van der Waals surface area contributed by atoms with Gasteiger partial charge in [0, 0.05) is 32.0 Å². The number of benzene rings is 1. The summed E-state index contributed by atoms with van der Waals surface area (Å²) in [5.74, 6) is 0. The van der Waals surface area contributed by atoms with E-state index in [0.717, 1.165) is 36.2 Å². The Morgan fingerprint density at radius 2 is 2.15 bits per heavy atom. The first kappa shape index (κ1) is 19.4. The second-order valence-electron chi connectivity index (χ2n) is 7.28. The highest BCUT2D eigenvalue weighted by Crippen LogP contribution is 2.29. The fourth-order valence-corrected chi connectivity index (χ4v) is 3.84. The maximum Gasteiger partial charge on any atom is 0.318 e. The van der Waals surface area contributed by atoms with Crippen molar-refractivity contribution in [2.24, 2.45) is 7.05 Å². The summed E-state index contributed by atoms with van der Waals surface area (Å²) in [6, 6.07) is 8.45. The zero-order valence-corrected chi connectivity index (χ0v) is 16.8. The van der Waals surface area contributed by atoms with Gasteiger partial charge < -0.3 is 15.0 Å². The van der Waals surface area contributed by atoms with Gasteiger partial charge in [-0.15, -0.1) is 0 Å². The molecule has 1 atom stereocenters. The largest absolute Gasteiger partial charge is 0.383 e. The quantitative estimate of drug-likeness (QED) is 0.849. The molecule has 0 fully saturated rings. The molecular formula is C21H30N4O2. The number of nitrogens with zero attached hydrogens (tertiary/aromatic N) is 3. The lowest BCUT2D eigenvalue weighted by molar-refractivity contribution is 0.144. The lowest BCUT2D eigenvalue weighted by atomic mass is 9.88. The van der Waals surface area contributed by atoms with Crippen molar-refractivity contribution in [2.75, 3.05) is 20.3 Å². The van der Waals surface area contributed by atoms with E-state index in [1.54, 1.807) is 7.11 Å². The second kappa shape index (κ2) is 8.57. The first-order chi connectivity index (χ1) is 13.0. The molecule has 1 N–H and O–H groups in total. The molecule has 1 aliphatic carbocycles. The fourth-order valence-electron chi connectivity index (χ4n) is 3.84. The highest BCUT2D eigenvalue weighted by atomic mass is 16.5. The summed E-state index contributed by atoms with van der Waals surface area (Å²) in [6.45, 7) is 5.62. The van der Waals surface area contributed by atoms with Gasteiger partial charge >= 0.3 is 6.03 Å². The molecule has 0 spiro atoms. The maximum atomic E-state index is 13.1.